The van der Waals surface area contributed by atoms with Crippen molar-refractivity contribution in [3.63, 3.8) is 0 Å². The molecule has 0 aliphatic heterocycles. The molecule has 0 spiro atoms. The van der Waals surface area contributed by atoms with Crippen molar-refractivity contribution in [2.75, 3.05) is 12.4 Å². The molecule has 7 heteroatoms. The van der Waals surface area contributed by atoms with E-state index in [4.69, 9.17) is 15.6 Å². The first-order valence-corrected chi connectivity index (χ1v) is 9.22. The third kappa shape index (κ3) is 4.75. The summed E-state index contributed by atoms with van der Waals surface area (Å²) < 4.78 is 18.6. The zero-order valence-corrected chi connectivity index (χ0v) is 16.3. The van der Waals surface area contributed by atoms with Crippen LogP contribution in [0, 0.1) is 22.6 Å². The Kier molecular flexibility index (Phi) is 6.64. The number of ether oxygens (including phenoxy) is 1. The highest BCUT2D eigenvalue weighted by Gasteiger charge is 2.30. The minimum Gasteiger partial charge on any atom is -0.495 e. The standard InChI is InChI=1S/C23H21FN4O2/c1-30-19-11-18(13-27-14-19)28-22(16-7-9-17(24)10-8-16)23(29)20(12-25)21(26)15-5-3-2-4-6-15/h2-14,20,22,25-26,28H,1H3. The van der Waals surface area contributed by atoms with Gasteiger partial charge in [0.1, 0.15) is 17.6 Å². The number of benzene rings is 2. The Morgan fingerprint density at radius 2 is 1.83 bits per heavy atom. The topological polar surface area (TPSA) is 98.9 Å². The maximum absolute atomic E-state index is 13.4. The van der Waals surface area contributed by atoms with Crippen molar-refractivity contribution in [3.05, 3.63) is 90.0 Å². The molecule has 3 aromatic rings. The third-order valence-corrected chi connectivity index (χ3v) is 4.62. The van der Waals surface area contributed by atoms with Crippen molar-refractivity contribution >= 4 is 23.4 Å². The quantitative estimate of drug-likeness (QED) is 0.464. The second-order valence-electron chi connectivity index (χ2n) is 6.57. The Morgan fingerprint density at radius 3 is 2.47 bits per heavy atom. The van der Waals surface area contributed by atoms with Crippen LogP contribution < -0.4 is 10.1 Å². The minimum atomic E-state index is -1.08. The van der Waals surface area contributed by atoms with Crippen LogP contribution in [-0.2, 0) is 4.79 Å². The molecule has 0 amide bonds. The van der Waals surface area contributed by atoms with Crippen LogP contribution in [0.2, 0.25) is 0 Å². The molecule has 2 aromatic carbocycles. The molecular weight excluding hydrogens is 383 g/mol. The molecule has 1 aromatic heterocycles. The molecule has 0 aliphatic carbocycles. The molecule has 3 N–H and O–H groups in total. The van der Waals surface area contributed by atoms with Crippen LogP contribution in [0.1, 0.15) is 17.2 Å². The molecule has 0 bridgehead atoms. The van der Waals surface area contributed by atoms with E-state index in [1.54, 1.807) is 30.3 Å². The van der Waals surface area contributed by atoms with Crippen LogP contribution in [0.4, 0.5) is 10.1 Å². The Morgan fingerprint density at radius 1 is 1.13 bits per heavy atom. The Bertz CT molecular complexity index is 1040. The fourth-order valence-electron chi connectivity index (χ4n) is 3.03. The highest BCUT2D eigenvalue weighted by molar-refractivity contribution is 6.22. The van der Waals surface area contributed by atoms with E-state index in [1.165, 1.54) is 43.8 Å². The number of carbonyl (C=O) groups excluding carboxylic acids is 1. The molecule has 30 heavy (non-hydrogen) atoms. The number of ketones is 1. The molecule has 0 radical (unpaired) electrons. The van der Waals surface area contributed by atoms with Crippen LogP contribution in [0.15, 0.2) is 73.1 Å². The first-order valence-electron chi connectivity index (χ1n) is 9.22. The zero-order chi connectivity index (χ0) is 21.5. The number of pyridine rings is 1. The zero-order valence-electron chi connectivity index (χ0n) is 16.3. The lowest BCUT2D eigenvalue weighted by Crippen LogP contribution is -2.33. The van der Waals surface area contributed by atoms with E-state index < -0.39 is 23.6 Å². The molecule has 0 saturated carbocycles. The normalized spacial score (nSPS) is 12.5. The van der Waals surface area contributed by atoms with E-state index in [2.05, 4.69) is 10.3 Å². The van der Waals surface area contributed by atoms with E-state index in [1.807, 2.05) is 6.07 Å². The molecular formula is C23H21FN4O2. The number of anilines is 1. The summed E-state index contributed by atoms with van der Waals surface area (Å²) in [6.45, 7) is 0. The predicted octanol–water partition coefficient (Wildman–Crippen LogP) is 4.29. The van der Waals surface area contributed by atoms with Crippen molar-refractivity contribution in [3.8, 4) is 5.75 Å². The van der Waals surface area contributed by atoms with Gasteiger partial charge in [-0.1, -0.05) is 42.5 Å². The van der Waals surface area contributed by atoms with Crippen LogP contribution in [-0.4, -0.2) is 29.8 Å². The lowest BCUT2D eigenvalue weighted by atomic mass is 9.87. The molecule has 152 valence electrons. The number of Topliss-reactive ketones (excluding diaryl/α,β-unsaturated/α-hetero) is 1. The van der Waals surface area contributed by atoms with Gasteiger partial charge in [0.05, 0.1) is 36.8 Å². The van der Waals surface area contributed by atoms with Gasteiger partial charge in [0, 0.05) is 12.3 Å². The number of rotatable bonds is 9. The smallest absolute Gasteiger partial charge is 0.173 e. The highest BCUT2D eigenvalue weighted by atomic mass is 19.1. The molecule has 2 unspecified atom stereocenters. The van der Waals surface area contributed by atoms with Crippen molar-refractivity contribution in [2.45, 2.75) is 6.04 Å². The number of aromatic nitrogens is 1. The van der Waals surface area contributed by atoms with Gasteiger partial charge in [0.15, 0.2) is 5.78 Å². The maximum atomic E-state index is 13.4. The second-order valence-corrected chi connectivity index (χ2v) is 6.57. The van der Waals surface area contributed by atoms with Gasteiger partial charge >= 0.3 is 0 Å². The molecule has 6 nitrogen and oxygen atoms in total. The predicted molar refractivity (Wildman–Crippen MR) is 114 cm³/mol. The lowest BCUT2D eigenvalue weighted by molar-refractivity contribution is -0.120. The molecule has 1 heterocycles. The average molecular weight is 404 g/mol. The summed E-state index contributed by atoms with van der Waals surface area (Å²) in [5.74, 6) is -1.40. The molecule has 0 fully saturated rings. The summed E-state index contributed by atoms with van der Waals surface area (Å²) in [6, 6.07) is 15.1. The number of nitrogens with zero attached hydrogens (tertiary/aromatic N) is 1. The van der Waals surface area contributed by atoms with E-state index in [-0.39, 0.29) is 5.71 Å². The number of methoxy groups -OCH3 is 1. The van der Waals surface area contributed by atoms with Crippen molar-refractivity contribution in [1.29, 1.82) is 10.8 Å². The summed E-state index contributed by atoms with van der Waals surface area (Å²) in [7, 11) is 1.51. The SMILES string of the molecule is COc1cncc(NC(C(=O)C(C=N)C(=N)c2ccccc2)c2ccc(F)cc2)c1. The number of hydrogen-bond donors (Lipinski definition) is 3. The first-order chi connectivity index (χ1) is 14.5. The number of nitrogens with one attached hydrogen (secondary N) is 3. The van der Waals surface area contributed by atoms with Gasteiger partial charge in [-0.25, -0.2) is 4.39 Å². The van der Waals surface area contributed by atoms with Crippen molar-refractivity contribution in [1.82, 2.24) is 4.98 Å². The lowest BCUT2D eigenvalue weighted by Gasteiger charge is -2.23. The van der Waals surface area contributed by atoms with Crippen molar-refractivity contribution in [2.24, 2.45) is 5.92 Å². The van der Waals surface area contributed by atoms with E-state index in [0.29, 0.717) is 22.6 Å². The van der Waals surface area contributed by atoms with Crippen LogP contribution in [0.3, 0.4) is 0 Å². The number of halogens is 1. The van der Waals surface area contributed by atoms with Gasteiger partial charge in [-0.2, -0.15) is 0 Å². The van der Waals surface area contributed by atoms with Crippen molar-refractivity contribution < 1.29 is 13.9 Å². The summed E-state index contributed by atoms with van der Waals surface area (Å²) in [5, 5.41) is 19.4. The van der Waals surface area contributed by atoms with Crippen LogP contribution in [0.5, 0.6) is 5.75 Å². The number of carbonyl (C=O) groups is 1. The monoisotopic (exact) mass is 404 g/mol. The summed E-state index contributed by atoms with van der Waals surface area (Å²) in [6.07, 6.45) is 4.03. The van der Waals surface area contributed by atoms with E-state index in [9.17, 15) is 9.18 Å². The van der Waals surface area contributed by atoms with Gasteiger partial charge in [0.25, 0.3) is 0 Å². The first kappa shape index (κ1) is 20.9. The summed E-state index contributed by atoms with van der Waals surface area (Å²) in [4.78, 5) is 17.5. The number of hydrogen-bond acceptors (Lipinski definition) is 6. The Hall–Kier alpha value is -3.87. The fourth-order valence-corrected chi connectivity index (χ4v) is 3.03. The van der Waals surface area contributed by atoms with E-state index >= 15 is 0 Å². The van der Waals surface area contributed by atoms with Gasteiger partial charge in [-0.15, -0.1) is 0 Å². The van der Waals surface area contributed by atoms with Gasteiger partial charge in [0.2, 0.25) is 0 Å². The maximum Gasteiger partial charge on any atom is 0.173 e. The largest absolute Gasteiger partial charge is 0.495 e. The second kappa shape index (κ2) is 9.56. The van der Waals surface area contributed by atoms with E-state index in [0.717, 1.165) is 6.21 Å². The van der Waals surface area contributed by atoms with Gasteiger partial charge in [-0.3, -0.25) is 9.78 Å². The molecule has 0 saturated heterocycles. The third-order valence-electron chi connectivity index (χ3n) is 4.62. The Labute approximate surface area is 173 Å². The highest BCUT2D eigenvalue weighted by Crippen LogP contribution is 2.26. The summed E-state index contributed by atoms with van der Waals surface area (Å²) in [5.41, 5.74) is 1.61. The average Bonchev–Trinajstić information content (AvgIpc) is 2.79. The summed E-state index contributed by atoms with van der Waals surface area (Å²) >= 11 is 0. The van der Waals surface area contributed by atoms with Crippen LogP contribution >= 0.6 is 0 Å². The van der Waals surface area contributed by atoms with Gasteiger partial charge in [-0.05, 0) is 23.3 Å². The molecule has 3 rings (SSSR count). The minimum absolute atomic E-state index is 0.0216. The van der Waals surface area contributed by atoms with Gasteiger partial charge < -0.3 is 20.9 Å². The fraction of sp³-hybridized carbons (Fsp3) is 0.130. The Balaban J connectivity index is 1.97. The molecule has 2 atom stereocenters. The van der Waals surface area contributed by atoms with Crippen LogP contribution in [0.25, 0.3) is 0 Å². The molecule has 0 aliphatic rings.